The van der Waals surface area contributed by atoms with E-state index >= 15 is 0 Å². The lowest BCUT2D eigenvalue weighted by Gasteiger charge is -2.21. The molecule has 1 aromatic heterocycles. The minimum atomic E-state index is -0.263. The Morgan fingerprint density at radius 2 is 2.03 bits per heavy atom. The molecule has 2 fully saturated rings. The van der Waals surface area contributed by atoms with Gasteiger partial charge in [-0.05, 0) is 43.4 Å². The Morgan fingerprint density at radius 1 is 1.19 bits per heavy atom. The first-order valence-corrected chi connectivity index (χ1v) is 11.2. The summed E-state index contributed by atoms with van der Waals surface area (Å²) in [6.07, 6.45) is 3.76. The first kappa shape index (κ1) is 21.6. The molecule has 4 rings (SSSR count). The third-order valence-electron chi connectivity index (χ3n) is 6.37. The number of pyridine rings is 1. The SMILES string of the molecule is CN=C(NCC1CC(C)N(Cc2ccccc2)C1)NC1CCN(c2ncccc2F)C1. The van der Waals surface area contributed by atoms with Crippen LogP contribution in [0.1, 0.15) is 25.3 Å². The molecule has 3 atom stereocenters. The molecule has 0 aliphatic carbocycles. The van der Waals surface area contributed by atoms with Crippen LogP contribution >= 0.6 is 0 Å². The van der Waals surface area contributed by atoms with Crippen molar-refractivity contribution in [2.45, 2.75) is 38.4 Å². The molecule has 3 unspecified atom stereocenters. The number of halogens is 1. The summed E-state index contributed by atoms with van der Waals surface area (Å²) >= 11 is 0. The number of aliphatic imine (C=N–C) groups is 1. The minimum absolute atomic E-state index is 0.227. The molecule has 0 radical (unpaired) electrons. The molecular weight excluding hydrogens is 391 g/mol. The maximum absolute atomic E-state index is 14.0. The van der Waals surface area contributed by atoms with Crippen molar-refractivity contribution >= 4 is 11.8 Å². The van der Waals surface area contributed by atoms with E-state index in [-0.39, 0.29) is 11.9 Å². The first-order valence-electron chi connectivity index (χ1n) is 11.2. The Bertz CT molecular complexity index is 873. The number of nitrogens with zero attached hydrogens (tertiary/aromatic N) is 4. The number of guanidine groups is 1. The van der Waals surface area contributed by atoms with Gasteiger partial charge in [-0.2, -0.15) is 0 Å². The third kappa shape index (κ3) is 5.53. The normalized spacial score (nSPS) is 24.5. The van der Waals surface area contributed by atoms with E-state index in [9.17, 15) is 4.39 Å². The van der Waals surface area contributed by atoms with Crippen LogP contribution in [0, 0.1) is 11.7 Å². The van der Waals surface area contributed by atoms with Crippen LogP contribution in [0.4, 0.5) is 10.2 Å². The van der Waals surface area contributed by atoms with Crippen molar-refractivity contribution in [2.75, 3.05) is 38.1 Å². The van der Waals surface area contributed by atoms with Gasteiger partial charge in [-0.1, -0.05) is 30.3 Å². The molecule has 1 aromatic carbocycles. The maximum atomic E-state index is 14.0. The zero-order valence-corrected chi connectivity index (χ0v) is 18.5. The number of benzene rings is 1. The average Bonchev–Trinajstić information content (AvgIpc) is 3.38. The molecule has 2 aliphatic heterocycles. The van der Waals surface area contributed by atoms with Crippen LogP contribution < -0.4 is 15.5 Å². The molecule has 2 saturated heterocycles. The molecule has 6 nitrogen and oxygen atoms in total. The summed E-state index contributed by atoms with van der Waals surface area (Å²) in [4.78, 5) is 13.2. The molecular formula is C24H33FN6. The van der Waals surface area contributed by atoms with E-state index < -0.39 is 0 Å². The van der Waals surface area contributed by atoms with E-state index in [2.05, 4.69) is 62.8 Å². The highest BCUT2D eigenvalue weighted by molar-refractivity contribution is 5.80. The van der Waals surface area contributed by atoms with Crippen LogP contribution in [0.15, 0.2) is 53.7 Å². The van der Waals surface area contributed by atoms with E-state index in [0.717, 1.165) is 45.1 Å². The van der Waals surface area contributed by atoms with Crippen LogP contribution in [0.5, 0.6) is 0 Å². The van der Waals surface area contributed by atoms with Crippen LogP contribution in [-0.4, -0.2) is 61.2 Å². The molecule has 0 bridgehead atoms. The van der Waals surface area contributed by atoms with Crippen molar-refractivity contribution in [1.82, 2.24) is 20.5 Å². The van der Waals surface area contributed by atoms with Gasteiger partial charge in [-0.3, -0.25) is 9.89 Å². The number of hydrogen-bond acceptors (Lipinski definition) is 4. The van der Waals surface area contributed by atoms with E-state index in [1.165, 1.54) is 18.1 Å². The summed E-state index contributed by atoms with van der Waals surface area (Å²) in [7, 11) is 1.81. The van der Waals surface area contributed by atoms with Gasteiger partial charge in [0.25, 0.3) is 0 Å². The Balaban J connectivity index is 1.23. The second kappa shape index (κ2) is 10.1. The third-order valence-corrected chi connectivity index (χ3v) is 6.37. The lowest BCUT2D eigenvalue weighted by Crippen LogP contribution is -2.46. The second-order valence-electron chi connectivity index (χ2n) is 8.70. The Kier molecular flexibility index (Phi) is 7.02. The van der Waals surface area contributed by atoms with Crippen molar-refractivity contribution in [2.24, 2.45) is 10.9 Å². The number of aromatic nitrogens is 1. The molecule has 2 N–H and O–H groups in total. The number of hydrogen-bond donors (Lipinski definition) is 2. The van der Waals surface area contributed by atoms with Crippen molar-refractivity contribution in [3.63, 3.8) is 0 Å². The highest BCUT2D eigenvalue weighted by Gasteiger charge is 2.30. The van der Waals surface area contributed by atoms with Gasteiger partial charge < -0.3 is 15.5 Å². The van der Waals surface area contributed by atoms with Gasteiger partial charge in [-0.15, -0.1) is 0 Å². The molecule has 0 saturated carbocycles. The Labute approximate surface area is 184 Å². The smallest absolute Gasteiger partial charge is 0.191 e. The molecule has 0 amide bonds. The fourth-order valence-corrected chi connectivity index (χ4v) is 4.71. The summed E-state index contributed by atoms with van der Waals surface area (Å²) in [6, 6.07) is 14.6. The monoisotopic (exact) mass is 424 g/mol. The summed E-state index contributed by atoms with van der Waals surface area (Å²) in [5.41, 5.74) is 1.37. The van der Waals surface area contributed by atoms with Crippen LogP contribution in [-0.2, 0) is 6.54 Å². The van der Waals surface area contributed by atoms with Crippen molar-refractivity contribution < 1.29 is 4.39 Å². The fraction of sp³-hybridized carbons (Fsp3) is 0.500. The predicted octanol–water partition coefficient (Wildman–Crippen LogP) is 2.88. The Hall–Kier alpha value is -2.67. The highest BCUT2D eigenvalue weighted by atomic mass is 19.1. The van der Waals surface area contributed by atoms with Crippen molar-refractivity contribution in [3.8, 4) is 0 Å². The molecule has 2 aromatic rings. The number of rotatable bonds is 6. The highest BCUT2D eigenvalue weighted by Crippen LogP contribution is 2.24. The molecule has 3 heterocycles. The van der Waals surface area contributed by atoms with Crippen molar-refractivity contribution in [3.05, 3.63) is 60.0 Å². The minimum Gasteiger partial charge on any atom is -0.356 e. The summed E-state index contributed by atoms with van der Waals surface area (Å²) in [6.45, 7) is 6.83. The average molecular weight is 425 g/mol. The van der Waals surface area contributed by atoms with E-state index in [1.807, 2.05) is 4.90 Å². The fourth-order valence-electron chi connectivity index (χ4n) is 4.71. The standard InChI is InChI=1S/C24H33FN6/c1-18-13-20(16-31(18)15-19-7-4-3-5-8-19)14-28-24(26-2)29-21-10-12-30(17-21)23-22(25)9-6-11-27-23/h3-9,11,18,20-21H,10,12-17H2,1-2H3,(H2,26,28,29). The topological polar surface area (TPSA) is 55.8 Å². The Morgan fingerprint density at radius 3 is 2.81 bits per heavy atom. The van der Waals surface area contributed by atoms with Gasteiger partial charge in [-0.25, -0.2) is 9.37 Å². The van der Waals surface area contributed by atoms with Crippen molar-refractivity contribution in [1.29, 1.82) is 0 Å². The largest absolute Gasteiger partial charge is 0.356 e. The zero-order valence-electron chi connectivity index (χ0n) is 18.5. The first-order chi connectivity index (χ1) is 15.1. The second-order valence-corrected chi connectivity index (χ2v) is 8.70. The van der Waals surface area contributed by atoms with Gasteiger partial charge in [0.1, 0.15) is 0 Å². The van der Waals surface area contributed by atoms with Crippen LogP contribution in [0.3, 0.4) is 0 Å². The number of anilines is 1. The summed E-state index contributed by atoms with van der Waals surface area (Å²) in [5.74, 6) is 1.59. The lowest BCUT2D eigenvalue weighted by molar-refractivity contribution is 0.255. The zero-order chi connectivity index (χ0) is 21.6. The summed E-state index contributed by atoms with van der Waals surface area (Å²) < 4.78 is 14.0. The molecule has 166 valence electrons. The number of nitrogens with one attached hydrogen (secondary N) is 2. The van der Waals surface area contributed by atoms with Crippen LogP contribution in [0.25, 0.3) is 0 Å². The molecule has 2 aliphatic rings. The predicted molar refractivity (Wildman–Crippen MR) is 124 cm³/mol. The quantitative estimate of drug-likeness (QED) is 0.552. The molecule has 0 spiro atoms. The van der Waals surface area contributed by atoms with Gasteiger partial charge in [0.15, 0.2) is 17.6 Å². The maximum Gasteiger partial charge on any atom is 0.191 e. The van der Waals surface area contributed by atoms with E-state index in [1.54, 1.807) is 19.3 Å². The van der Waals surface area contributed by atoms with E-state index in [4.69, 9.17) is 0 Å². The number of likely N-dealkylation sites (tertiary alicyclic amines) is 1. The van der Waals surface area contributed by atoms with Gasteiger partial charge in [0, 0.05) is 58.1 Å². The van der Waals surface area contributed by atoms with Crippen LogP contribution in [0.2, 0.25) is 0 Å². The van der Waals surface area contributed by atoms with Gasteiger partial charge in [0.05, 0.1) is 0 Å². The lowest BCUT2D eigenvalue weighted by atomic mass is 10.1. The van der Waals surface area contributed by atoms with Gasteiger partial charge >= 0.3 is 0 Å². The van der Waals surface area contributed by atoms with Gasteiger partial charge in [0.2, 0.25) is 0 Å². The molecule has 31 heavy (non-hydrogen) atoms. The van der Waals surface area contributed by atoms with E-state index in [0.29, 0.717) is 17.8 Å². The molecule has 7 heteroatoms. The summed E-state index contributed by atoms with van der Waals surface area (Å²) in [5, 5.41) is 7.02.